The lowest BCUT2D eigenvalue weighted by molar-refractivity contribution is 0.564. The number of hydrogen-bond donors (Lipinski definition) is 0. The fourth-order valence-corrected chi connectivity index (χ4v) is 2.55. The monoisotopic (exact) mass is 374 g/mol. The molecule has 2 aromatic rings. The number of aromatic nitrogens is 2. The van der Waals surface area contributed by atoms with E-state index in [1.807, 2.05) is 52.2 Å². The van der Waals surface area contributed by atoms with Crippen molar-refractivity contribution in [3.63, 3.8) is 0 Å². The molecule has 2 heterocycles. The summed E-state index contributed by atoms with van der Waals surface area (Å²) in [7, 11) is 0. The number of nitrogens with zero attached hydrogens (tertiary/aromatic N) is 2. The predicted molar refractivity (Wildman–Crippen MR) is 125 cm³/mol. The van der Waals surface area contributed by atoms with Crippen molar-refractivity contribution in [1.29, 1.82) is 0 Å². The van der Waals surface area contributed by atoms with Crippen molar-refractivity contribution in [2.45, 2.75) is 101 Å². The zero-order valence-electron chi connectivity index (χ0n) is 19.4. The summed E-state index contributed by atoms with van der Waals surface area (Å²) in [5.74, 6) is 0. The van der Waals surface area contributed by atoms with Crippen molar-refractivity contribution >= 4 is 0 Å². The molecule has 2 aromatic heterocycles. The molecule has 0 bridgehead atoms. The van der Waals surface area contributed by atoms with E-state index in [1.165, 1.54) is 16.8 Å². The minimum atomic E-state index is 0. The molecule has 2 heteroatoms. The molecular weight excluding hydrogens is 328 g/mol. The first-order valence-electron chi connectivity index (χ1n) is 9.87. The molecule has 0 radical (unpaired) electrons. The van der Waals surface area contributed by atoms with Crippen LogP contribution in [0.2, 0.25) is 0 Å². The van der Waals surface area contributed by atoms with Crippen LogP contribution in [0.3, 0.4) is 0 Å². The van der Waals surface area contributed by atoms with Gasteiger partial charge in [0.15, 0.2) is 0 Å². The average Bonchev–Trinajstić information content (AvgIpc) is 2.58. The summed E-state index contributed by atoms with van der Waals surface area (Å²) >= 11 is 0. The van der Waals surface area contributed by atoms with Crippen molar-refractivity contribution in [2.75, 3.05) is 0 Å². The van der Waals surface area contributed by atoms with Gasteiger partial charge in [-0.1, -0.05) is 88.8 Å². The van der Waals surface area contributed by atoms with Gasteiger partial charge in [0.25, 0.3) is 0 Å². The summed E-state index contributed by atoms with van der Waals surface area (Å²) in [6.45, 7) is 25.3. The van der Waals surface area contributed by atoms with Gasteiger partial charge in [0.05, 0.1) is 0 Å². The zero-order valence-corrected chi connectivity index (χ0v) is 19.4. The van der Waals surface area contributed by atoms with Gasteiger partial charge in [0, 0.05) is 29.2 Å². The molecule has 0 saturated heterocycles. The summed E-state index contributed by atoms with van der Waals surface area (Å²) in [5, 5.41) is 0. The Balaban J connectivity index is -0.000000349. The number of pyridine rings is 2. The quantitative estimate of drug-likeness (QED) is 0.466. The van der Waals surface area contributed by atoms with Crippen LogP contribution >= 0.6 is 0 Å². The van der Waals surface area contributed by atoms with Gasteiger partial charge < -0.3 is 0 Å². The molecule has 0 saturated carbocycles. The molecule has 0 atom stereocenters. The Labute approximate surface area is 170 Å². The predicted octanol–water partition coefficient (Wildman–Crippen LogP) is 8.06. The second kappa shape index (κ2) is 14.4. The van der Waals surface area contributed by atoms with Gasteiger partial charge in [0.2, 0.25) is 0 Å². The van der Waals surface area contributed by atoms with E-state index in [0.29, 0.717) is 0 Å². The maximum absolute atomic E-state index is 4.35. The SMILES string of the molecule is C.CC.CC.Cc1cccnc1C(C)(C)C.Cc1ncccc1C(C)(C)C. The highest BCUT2D eigenvalue weighted by atomic mass is 14.7. The van der Waals surface area contributed by atoms with E-state index in [2.05, 4.69) is 77.5 Å². The van der Waals surface area contributed by atoms with Crippen molar-refractivity contribution in [3.8, 4) is 0 Å². The highest BCUT2D eigenvalue weighted by molar-refractivity contribution is 5.25. The Bertz CT molecular complexity index is 547. The van der Waals surface area contributed by atoms with Gasteiger partial charge in [-0.15, -0.1) is 0 Å². The van der Waals surface area contributed by atoms with E-state index in [9.17, 15) is 0 Å². The fraction of sp³-hybridized carbons (Fsp3) is 0.600. The van der Waals surface area contributed by atoms with Crippen LogP contribution in [0.4, 0.5) is 0 Å². The minimum Gasteiger partial charge on any atom is -0.261 e. The first-order valence-corrected chi connectivity index (χ1v) is 9.87. The number of hydrogen-bond acceptors (Lipinski definition) is 2. The van der Waals surface area contributed by atoms with E-state index < -0.39 is 0 Å². The van der Waals surface area contributed by atoms with Crippen molar-refractivity contribution in [2.24, 2.45) is 0 Å². The Morgan fingerprint density at radius 3 is 1.41 bits per heavy atom. The molecule has 0 aliphatic rings. The van der Waals surface area contributed by atoms with E-state index in [4.69, 9.17) is 0 Å². The van der Waals surface area contributed by atoms with Crippen molar-refractivity contribution in [1.82, 2.24) is 9.97 Å². The second-order valence-corrected chi connectivity index (χ2v) is 7.81. The lowest BCUT2D eigenvalue weighted by Crippen LogP contribution is -2.14. The molecule has 0 aliphatic carbocycles. The third kappa shape index (κ3) is 11.6. The van der Waals surface area contributed by atoms with Crippen molar-refractivity contribution < 1.29 is 0 Å². The van der Waals surface area contributed by atoms with Crippen LogP contribution in [0.15, 0.2) is 36.7 Å². The number of aryl methyl sites for hydroxylation is 2. The molecule has 2 rings (SSSR count). The minimum absolute atomic E-state index is 0. The topological polar surface area (TPSA) is 25.8 Å². The third-order valence-corrected chi connectivity index (χ3v) is 3.53. The van der Waals surface area contributed by atoms with Crippen LogP contribution in [0.1, 0.15) is 99.2 Å². The third-order valence-electron chi connectivity index (χ3n) is 3.53. The van der Waals surface area contributed by atoms with Crippen molar-refractivity contribution in [3.05, 3.63) is 59.2 Å². The fourth-order valence-electron chi connectivity index (χ4n) is 2.55. The molecule has 0 spiro atoms. The first kappa shape index (κ1) is 30.0. The van der Waals surface area contributed by atoms with Crippen LogP contribution in [-0.4, -0.2) is 9.97 Å². The Morgan fingerprint density at radius 2 is 1.11 bits per heavy atom. The lowest BCUT2D eigenvalue weighted by Gasteiger charge is -2.20. The molecule has 0 aromatic carbocycles. The van der Waals surface area contributed by atoms with Gasteiger partial charge in [-0.05, 0) is 42.5 Å². The maximum atomic E-state index is 4.35. The maximum Gasteiger partial charge on any atom is 0.0486 e. The van der Waals surface area contributed by atoms with Crippen LogP contribution in [0, 0.1) is 13.8 Å². The first-order chi connectivity index (χ1) is 12.0. The highest BCUT2D eigenvalue weighted by Crippen LogP contribution is 2.23. The largest absolute Gasteiger partial charge is 0.261 e. The molecular formula is C25H46N2. The van der Waals surface area contributed by atoms with Gasteiger partial charge in [0.1, 0.15) is 0 Å². The molecule has 0 unspecified atom stereocenters. The van der Waals surface area contributed by atoms with Crippen LogP contribution in [0.25, 0.3) is 0 Å². The molecule has 27 heavy (non-hydrogen) atoms. The Hall–Kier alpha value is -1.70. The van der Waals surface area contributed by atoms with Gasteiger partial charge in [-0.25, -0.2) is 0 Å². The highest BCUT2D eigenvalue weighted by Gasteiger charge is 2.16. The average molecular weight is 375 g/mol. The van der Waals surface area contributed by atoms with E-state index in [0.717, 1.165) is 5.69 Å². The van der Waals surface area contributed by atoms with Gasteiger partial charge in [-0.2, -0.15) is 0 Å². The molecule has 156 valence electrons. The summed E-state index contributed by atoms with van der Waals surface area (Å²) < 4.78 is 0. The van der Waals surface area contributed by atoms with E-state index in [1.54, 1.807) is 0 Å². The smallest absolute Gasteiger partial charge is 0.0486 e. The lowest BCUT2D eigenvalue weighted by atomic mass is 9.86. The van der Waals surface area contributed by atoms with Gasteiger partial charge >= 0.3 is 0 Å². The molecule has 0 fully saturated rings. The number of rotatable bonds is 0. The normalized spacial score (nSPS) is 9.93. The zero-order chi connectivity index (χ0) is 21.0. The molecule has 0 N–H and O–H groups in total. The molecule has 0 aliphatic heterocycles. The summed E-state index contributed by atoms with van der Waals surface area (Å²) in [6.07, 6.45) is 3.69. The second-order valence-electron chi connectivity index (χ2n) is 7.81. The summed E-state index contributed by atoms with van der Waals surface area (Å²) in [5.41, 5.74) is 5.34. The molecule has 0 amide bonds. The Kier molecular flexibility index (Phi) is 16.0. The van der Waals surface area contributed by atoms with Gasteiger partial charge in [-0.3, -0.25) is 9.97 Å². The van der Waals surface area contributed by atoms with E-state index in [-0.39, 0.29) is 18.3 Å². The van der Waals surface area contributed by atoms with Crippen LogP contribution in [-0.2, 0) is 10.8 Å². The van der Waals surface area contributed by atoms with Crippen LogP contribution < -0.4 is 0 Å². The summed E-state index contributed by atoms with van der Waals surface area (Å²) in [4.78, 5) is 8.60. The Morgan fingerprint density at radius 1 is 0.667 bits per heavy atom. The van der Waals surface area contributed by atoms with Crippen LogP contribution in [0.5, 0.6) is 0 Å². The summed E-state index contributed by atoms with van der Waals surface area (Å²) in [6, 6.07) is 8.22. The van der Waals surface area contributed by atoms with E-state index >= 15 is 0 Å². The standard InChI is InChI=1S/2C10H15N.2C2H6.CH4/c1-8-9(10(2,3)4)6-5-7-11-8;1-8-6-5-7-11-9(8)10(2,3)4;2*1-2;/h2*5-7H,1-4H3;2*1-2H3;1H4. The molecule has 2 nitrogen and oxygen atoms in total.